The topological polar surface area (TPSA) is 0 Å². The van der Waals surface area contributed by atoms with Crippen molar-refractivity contribution in [2.75, 3.05) is 0 Å². The molecule has 16 radical (unpaired) electrons. The summed E-state index contributed by atoms with van der Waals surface area (Å²) in [5.41, 5.74) is 0. The van der Waals surface area contributed by atoms with Crippen LogP contribution in [0.2, 0.25) is 124 Å². The fraction of sp³-hybridized carbons (Fsp3) is 1.00. The Morgan fingerprint density at radius 2 is 0.276 bits per heavy atom. The van der Waals surface area contributed by atoms with Crippen LogP contribution in [0.25, 0.3) is 0 Å². The minimum Gasteiger partial charge on any atom is -0.0735 e. The van der Waals surface area contributed by atoms with Gasteiger partial charge in [-0.05, 0) is 0 Å². The molecule has 0 fully saturated rings. The van der Waals surface area contributed by atoms with Crippen LogP contribution in [0.4, 0.5) is 0 Å². The molecule has 0 heterocycles. The van der Waals surface area contributed by atoms with Gasteiger partial charge in [0.1, 0.15) is 0 Å². The predicted molar refractivity (Wildman–Crippen MR) is 169 cm³/mol. The monoisotopic (exact) mass is 668 g/mol. The first-order valence-corrected chi connectivity index (χ1v) is 30.8. The van der Waals surface area contributed by atoms with Crippen molar-refractivity contribution in [2.24, 2.45) is 0 Å². The third-order valence-electron chi connectivity index (χ3n) is 1.00. The number of rotatable bonds is 1. The second-order valence-corrected chi connectivity index (χ2v) is 34.5. The molecule has 29 heavy (non-hydrogen) atoms. The van der Waals surface area contributed by atoms with Crippen molar-refractivity contribution < 1.29 is 0 Å². The normalized spacial score (nSPS) is 8.48. The molecule has 170 valence electrons. The zero-order chi connectivity index (χ0) is 23.0. The van der Waals surface area contributed by atoms with E-state index in [9.17, 15) is 0 Å². The van der Waals surface area contributed by atoms with Crippen LogP contribution in [0.15, 0.2) is 0 Å². The predicted octanol–water partition coefficient (Wildman–Crippen LogP) is 7.28. The van der Waals surface area contributed by atoms with Gasteiger partial charge in [0.05, 0.1) is 0 Å². The van der Waals surface area contributed by atoms with Gasteiger partial charge in [0, 0.05) is 147 Å². The molecule has 0 aliphatic heterocycles. The van der Waals surface area contributed by atoms with Crippen LogP contribution in [0.3, 0.4) is 0 Å². The number of hydrogen-bond acceptors (Lipinski definition) is 0. The van der Waals surface area contributed by atoms with E-state index in [4.69, 9.17) is 0 Å². The molecule has 0 N–H and O–H groups in total. The van der Waals surface area contributed by atoms with E-state index in [0.29, 0.717) is 0 Å². The van der Waals surface area contributed by atoms with Gasteiger partial charge in [0.25, 0.3) is 0 Å². The summed E-state index contributed by atoms with van der Waals surface area (Å²) in [6.07, 6.45) is 0. The van der Waals surface area contributed by atoms with Gasteiger partial charge in [0.15, 0.2) is 0 Å². The summed E-state index contributed by atoms with van der Waals surface area (Å²) in [4.78, 5) is 0. The van der Waals surface area contributed by atoms with Crippen molar-refractivity contribution in [2.45, 2.75) is 124 Å². The first-order valence-electron chi connectivity index (χ1n) is 9.75. The minimum absolute atomic E-state index is 0. The maximum absolute atomic E-state index is 2.39. The van der Waals surface area contributed by atoms with Crippen molar-refractivity contribution in [1.29, 1.82) is 0 Å². The molecule has 0 atom stereocenters. The molecule has 0 aromatic heterocycles. The van der Waals surface area contributed by atoms with Crippen LogP contribution in [0.1, 0.15) is 0 Å². The van der Waals surface area contributed by atoms with Crippen LogP contribution in [0, 0.1) is 0 Å². The fourth-order valence-corrected chi connectivity index (χ4v) is 0. The molecule has 0 amide bonds. The summed E-state index contributed by atoms with van der Waals surface area (Å²) < 4.78 is 0. The minimum atomic E-state index is 0. The molecular weight excluding hydrogens is 609 g/mol. The van der Waals surface area contributed by atoms with Crippen LogP contribution in [-0.4, -0.2) is 147 Å². The second kappa shape index (κ2) is 49.4. The zero-order valence-corrected chi connectivity index (χ0v) is 38.8. The van der Waals surface area contributed by atoms with Gasteiger partial charge in [-0.15, -0.1) is 0 Å². The van der Waals surface area contributed by atoms with Gasteiger partial charge in [-0.3, -0.25) is 0 Å². The maximum atomic E-state index is 2.39. The van der Waals surface area contributed by atoms with E-state index >= 15 is 0 Å². The Morgan fingerprint density at radius 1 is 0.241 bits per heavy atom. The Kier molecular flexibility index (Phi) is 100. The van der Waals surface area contributed by atoms with Gasteiger partial charge in [-0.1, -0.05) is 124 Å². The van der Waals surface area contributed by atoms with E-state index in [-0.39, 0.29) is 147 Å². The molecule has 0 saturated carbocycles. The summed E-state index contributed by atoms with van der Waals surface area (Å²) in [5, 5.41) is 0. The maximum Gasteiger partial charge on any atom is 0.0379 e. The van der Waals surface area contributed by atoms with Crippen molar-refractivity contribution in [3.05, 3.63) is 0 Å². The molecule has 10 heteroatoms. The third kappa shape index (κ3) is 434. The molecule has 0 nitrogen and oxygen atoms in total. The van der Waals surface area contributed by atoms with Crippen LogP contribution in [-0.2, 0) is 0 Å². The first-order chi connectivity index (χ1) is 11.3. The SMILES string of the molecule is C[Si](C)C.C[Si](C)C.C[Si](C)C.C[Si](C)C.C[Si](C)C.C[Si](C)[Si](C)C.[Ge].[Ge].[K]. The van der Waals surface area contributed by atoms with E-state index in [1.165, 1.54) is 0 Å². The molecular formula is C19H57Ge2KSi7. The Balaban J connectivity index is -0.0000000234. The Morgan fingerprint density at radius 3 is 0.276 bits per heavy atom. The van der Waals surface area contributed by atoms with Crippen molar-refractivity contribution in [1.82, 2.24) is 0 Å². The van der Waals surface area contributed by atoms with Crippen molar-refractivity contribution in [3.63, 3.8) is 0 Å². The largest absolute Gasteiger partial charge is 0.0735 e. The number of hydrogen-bond donors (Lipinski definition) is 0. The quantitative estimate of drug-likeness (QED) is 0.258. The summed E-state index contributed by atoms with van der Waals surface area (Å²) in [6, 6.07) is 0. The third-order valence-corrected chi connectivity index (χ3v) is 9.00. The Bertz CT molecular complexity index is 154. The summed E-state index contributed by atoms with van der Waals surface area (Å²) >= 11 is 0. The molecule has 0 rings (SSSR count). The molecule has 0 aromatic carbocycles. The molecule has 0 aromatic rings. The standard InChI is InChI=1S/C4H12Si2.5C3H9Si.2Ge.K/c1-5(2)6(3)4;5*1-4(2)3;;;/h1-4H3;5*1-3H3;;;. The first kappa shape index (κ1) is 58.8. The van der Waals surface area contributed by atoms with E-state index < -0.39 is 0 Å². The van der Waals surface area contributed by atoms with Gasteiger partial charge in [-0.2, -0.15) is 0 Å². The Hall–Kier alpha value is 4.24. The molecule has 0 spiro atoms. The molecule has 0 aliphatic rings. The average Bonchev–Trinajstić information content (AvgIpc) is 2.23. The molecule has 0 bridgehead atoms. The molecule has 0 aliphatic carbocycles. The molecule has 0 saturated heterocycles. The summed E-state index contributed by atoms with van der Waals surface area (Å²) in [6.45, 7) is 43.6. The van der Waals surface area contributed by atoms with Gasteiger partial charge in [-0.25, -0.2) is 0 Å². The fourth-order valence-electron chi connectivity index (χ4n) is 0. The average molecular weight is 667 g/mol. The van der Waals surface area contributed by atoms with E-state index in [2.05, 4.69) is 124 Å². The zero-order valence-electron chi connectivity index (χ0n) is 24.5. The van der Waals surface area contributed by atoms with E-state index in [0.717, 1.165) is 0 Å². The molecule has 0 unspecified atom stereocenters. The smallest absolute Gasteiger partial charge is 0.0379 e. The van der Waals surface area contributed by atoms with Crippen LogP contribution >= 0.6 is 0 Å². The van der Waals surface area contributed by atoms with Gasteiger partial charge < -0.3 is 0 Å². The van der Waals surface area contributed by atoms with Gasteiger partial charge in [0.2, 0.25) is 0 Å². The summed E-state index contributed by atoms with van der Waals surface area (Å²) in [5.74, 6) is 0. The van der Waals surface area contributed by atoms with Crippen molar-refractivity contribution in [3.8, 4) is 0 Å². The van der Waals surface area contributed by atoms with Gasteiger partial charge >= 0.3 is 0 Å². The Labute approximate surface area is 267 Å². The van der Waals surface area contributed by atoms with E-state index in [1.807, 2.05) is 0 Å². The van der Waals surface area contributed by atoms with E-state index in [1.54, 1.807) is 0 Å². The summed E-state index contributed by atoms with van der Waals surface area (Å²) in [7, 11) is 0.902. The van der Waals surface area contributed by atoms with Crippen LogP contribution < -0.4 is 0 Å². The second-order valence-electron chi connectivity index (χ2n) is 9.50. The van der Waals surface area contributed by atoms with Crippen molar-refractivity contribution >= 4 is 147 Å². The van der Waals surface area contributed by atoms with Crippen LogP contribution in [0.5, 0.6) is 0 Å².